The van der Waals surface area contributed by atoms with E-state index >= 15 is 0 Å². The number of aromatic nitrogens is 1. The van der Waals surface area contributed by atoms with Gasteiger partial charge in [0.1, 0.15) is 4.90 Å². The molecule has 9 heteroatoms. The van der Waals surface area contributed by atoms with E-state index in [1.165, 1.54) is 18.2 Å². The molecule has 3 N–H and O–H groups in total. The van der Waals surface area contributed by atoms with Crippen molar-refractivity contribution >= 4 is 38.4 Å². The number of hydrogen-bond acceptors (Lipinski definition) is 4. The van der Waals surface area contributed by atoms with Crippen LogP contribution in [0.1, 0.15) is 10.4 Å². The first-order valence-corrected chi connectivity index (χ1v) is 8.84. The van der Waals surface area contributed by atoms with Crippen LogP contribution < -0.4 is 15.8 Å². The first kappa shape index (κ1) is 17.2. The Morgan fingerprint density at radius 1 is 1.16 bits per heavy atom. The highest BCUT2D eigenvalue weighted by Gasteiger charge is 2.20. The van der Waals surface area contributed by atoms with E-state index < -0.39 is 21.5 Å². The summed E-state index contributed by atoms with van der Waals surface area (Å²) in [5.41, 5.74) is 2.34. The summed E-state index contributed by atoms with van der Waals surface area (Å²) in [6, 6.07) is 14.5. The van der Waals surface area contributed by atoms with E-state index in [1.807, 2.05) is 4.83 Å². The van der Waals surface area contributed by atoms with E-state index in [0.717, 1.165) is 0 Å². The first-order chi connectivity index (χ1) is 11.9. The number of halogens is 1. The van der Waals surface area contributed by atoms with Gasteiger partial charge in [0.05, 0.1) is 11.1 Å². The molecule has 2 aromatic carbocycles. The smallest absolute Gasteiger partial charge is 0.266 e. The molecule has 127 valence electrons. The third kappa shape index (κ3) is 3.71. The highest BCUT2D eigenvalue weighted by molar-refractivity contribution is 7.89. The van der Waals surface area contributed by atoms with E-state index in [0.29, 0.717) is 16.5 Å². The Morgan fingerprint density at radius 3 is 2.60 bits per heavy atom. The van der Waals surface area contributed by atoms with Crippen LogP contribution in [0, 0.1) is 6.07 Å². The molecule has 1 aromatic heterocycles. The minimum Gasteiger partial charge on any atom is -0.321 e. The maximum absolute atomic E-state index is 12.4. The standard InChI is InChI=1S/C16H11ClN3O4S/c17-12-9-13-11(6-7-15(21)18-13)8-14(12)25(23,24)20-19-16(22)10-4-2-1-3-5-10/h1-6,8-9,20H,(H,18,21)(H,19,22). The number of hydrogen-bond donors (Lipinski definition) is 3. The zero-order valence-corrected chi connectivity index (χ0v) is 14.1. The fourth-order valence-corrected chi connectivity index (χ4v) is 3.54. The molecule has 0 atom stereocenters. The predicted molar refractivity (Wildman–Crippen MR) is 92.6 cm³/mol. The molecule has 0 unspecified atom stereocenters. The van der Waals surface area contributed by atoms with Crippen molar-refractivity contribution in [3.63, 3.8) is 0 Å². The average Bonchev–Trinajstić information content (AvgIpc) is 2.59. The van der Waals surface area contributed by atoms with Crippen molar-refractivity contribution in [3.05, 3.63) is 75.5 Å². The second kappa shape index (κ2) is 6.67. The minimum atomic E-state index is -4.12. The van der Waals surface area contributed by atoms with Crippen molar-refractivity contribution in [3.8, 4) is 0 Å². The van der Waals surface area contributed by atoms with Crippen LogP contribution in [0.3, 0.4) is 0 Å². The van der Waals surface area contributed by atoms with E-state index in [1.54, 1.807) is 30.3 Å². The van der Waals surface area contributed by atoms with Gasteiger partial charge in [-0.2, -0.15) is 0 Å². The largest absolute Gasteiger partial charge is 0.321 e. The van der Waals surface area contributed by atoms with E-state index in [-0.39, 0.29) is 9.92 Å². The number of rotatable bonds is 4. The molecule has 3 rings (SSSR count). The van der Waals surface area contributed by atoms with Crippen molar-refractivity contribution in [2.75, 3.05) is 0 Å². The number of pyridine rings is 1. The monoisotopic (exact) mass is 376 g/mol. The third-order valence-corrected chi connectivity index (χ3v) is 5.05. The maximum Gasteiger partial charge on any atom is 0.266 e. The lowest BCUT2D eigenvalue weighted by Gasteiger charge is -2.10. The molecule has 0 bridgehead atoms. The summed E-state index contributed by atoms with van der Waals surface area (Å²) >= 11 is 6.01. The summed E-state index contributed by atoms with van der Waals surface area (Å²) in [5, 5.41) is 0.328. The number of hydrazine groups is 1. The van der Waals surface area contributed by atoms with Gasteiger partial charge in [-0.15, -0.1) is 4.83 Å². The molecule has 0 aliphatic rings. The number of sulfonamides is 1. The SMILES string of the molecule is O=C(NNS(=O)(=O)c1cc2c[c]c(=O)[nH]c2cc1Cl)c1ccccc1. The van der Waals surface area contributed by atoms with Crippen LogP contribution in [-0.2, 0) is 10.0 Å². The summed E-state index contributed by atoms with van der Waals surface area (Å²) < 4.78 is 24.8. The Kier molecular flexibility index (Phi) is 4.58. The van der Waals surface area contributed by atoms with Crippen molar-refractivity contribution in [2.45, 2.75) is 4.90 Å². The lowest BCUT2D eigenvalue weighted by Crippen LogP contribution is -2.41. The second-order valence-electron chi connectivity index (χ2n) is 5.04. The summed E-state index contributed by atoms with van der Waals surface area (Å²) in [6.45, 7) is 0. The summed E-state index contributed by atoms with van der Waals surface area (Å²) in [4.78, 5) is 27.5. The molecule has 0 aliphatic heterocycles. The second-order valence-corrected chi connectivity index (χ2v) is 7.10. The van der Waals surface area contributed by atoms with Crippen LogP contribution >= 0.6 is 11.6 Å². The number of fused-ring (bicyclic) bond motifs is 1. The van der Waals surface area contributed by atoms with Crippen LogP contribution in [0.2, 0.25) is 5.02 Å². The molecule has 1 amide bonds. The van der Waals surface area contributed by atoms with Gasteiger partial charge < -0.3 is 4.98 Å². The van der Waals surface area contributed by atoms with Crippen LogP contribution in [0.25, 0.3) is 10.9 Å². The fourth-order valence-electron chi connectivity index (χ4n) is 2.13. The molecule has 1 radical (unpaired) electrons. The molecular weight excluding hydrogens is 366 g/mol. The predicted octanol–water partition coefficient (Wildman–Crippen LogP) is 1.60. The molecule has 1 heterocycles. The highest BCUT2D eigenvalue weighted by atomic mass is 35.5. The zero-order valence-electron chi connectivity index (χ0n) is 12.5. The number of nitrogens with one attached hydrogen (secondary N) is 3. The maximum atomic E-state index is 12.4. The van der Waals surface area contributed by atoms with Crippen LogP contribution in [0.15, 0.2) is 58.2 Å². The van der Waals surface area contributed by atoms with E-state index in [2.05, 4.69) is 16.5 Å². The third-order valence-electron chi connectivity index (χ3n) is 3.34. The normalized spacial score (nSPS) is 11.4. The summed E-state index contributed by atoms with van der Waals surface area (Å²) in [5.74, 6) is -0.612. The molecule has 0 spiro atoms. The topological polar surface area (TPSA) is 108 Å². The van der Waals surface area contributed by atoms with Crippen molar-refractivity contribution in [1.82, 2.24) is 15.2 Å². The molecule has 25 heavy (non-hydrogen) atoms. The van der Waals surface area contributed by atoms with Gasteiger partial charge in [0.25, 0.3) is 21.5 Å². The summed E-state index contributed by atoms with van der Waals surface area (Å²) in [7, 11) is -4.12. The van der Waals surface area contributed by atoms with Gasteiger partial charge in [-0.25, -0.2) is 8.42 Å². The Morgan fingerprint density at radius 2 is 1.88 bits per heavy atom. The number of carbonyl (C=O) groups is 1. The van der Waals surface area contributed by atoms with Crippen LogP contribution in [-0.4, -0.2) is 19.3 Å². The average molecular weight is 377 g/mol. The fraction of sp³-hybridized carbons (Fsp3) is 0. The van der Waals surface area contributed by atoms with Gasteiger partial charge in [0.2, 0.25) is 0 Å². The van der Waals surface area contributed by atoms with E-state index in [9.17, 15) is 18.0 Å². The zero-order chi connectivity index (χ0) is 18.0. The molecule has 3 aromatic rings. The number of aromatic amines is 1. The van der Waals surface area contributed by atoms with Gasteiger partial charge in [0.15, 0.2) is 0 Å². The lowest BCUT2D eigenvalue weighted by atomic mass is 10.2. The summed E-state index contributed by atoms with van der Waals surface area (Å²) in [6.07, 6.45) is 0. The number of amides is 1. The van der Waals surface area contributed by atoms with Gasteiger partial charge in [0, 0.05) is 16.5 Å². The highest BCUT2D eigenvalue weighted by Crippen LogP contribution is 2.25. The van der Waals surface area contributed by atoms with Crippen molar-refractivity contribution in [1.29, 1.82) is 0 Å². The van der Waals surface area contributed by atoms with Gasteiger partial charge in [-0.05, 0) is 30.3 Å². The molecule has 0 saturated heterocycles. The molecule has 0 saturated carbocycles. The minimum absolute atomic E-state index is 0.101. The van der Waals surface area contributed by atoms with Gasteiger partial charge >= 0.3 is 0 Å². The first-order valence-electron chi connectivity index (χ1n) is 6.98. The lowest BCUT2D eigenvalue weighted by molar-refractivity contribution is 0.0945. The number of benzene rings is 2. The number of carbonyl (C=O) groups excluding carboxylic acids is 1. The molecule has 0 aliphatic carbocycles. The van der Waals surface area contributed by atoms with Crippen molar-refractivity contribution < 1.29 is 13.2 Å². The van der Waals surface area contributed by atoms with Gasteiger partial charge in [-0.1, -0.05) is 29.8 Å². The Balaban J connectivity index is 1.88. The molecule has 7 nitrogen and oxygen atoms in total. The number of H-pyrrole nitrogens is 1. The molecule has 0 fully saturated rings. The quantitative estimate of drug-likeness (QED) is 0.601. The van der Waals surface area contributed by atoms with E-state index in [4.69, 9.17) is 11.6 Å². The Hall–Kier alpha value is -2.68. The van der Waals surface area contributed by atoms with Crippen molar-refractivity contribution in [2.24, 2.45) is 0 Å². The van der Waals surface area contributed by atoms with Gasteiger partial charge in [-0.3, -0.25) is 15.0 Å². The van der Waals surface area contributed by atoms with Crippen LogP contribution in [0.5, 0.6) is 0 Å². The van der Waals surface area contributed by atoms with Crippen LogP contribution in [0.4, 0.5) is 0 Å². The molecular formula is C16H11ClN3O4S. The Bertz CT molecular complexity index is 1110. The Labute approximate surface area is 147 Å².